The van der Waals surface area contributed by atoms with Gasteiger partial charge in [0, 0.05) is 25.0 Å². The SMILES string of the molecule is O=C(NC1CCN(C(=O)C2CC2)CC1)c1ccc(Cl)nn1. The summed E-state index contributed by atoms with van der Waals surface area (Å²) in [5, 5.41) is 10.6. The van der Waals surface area contributed by atoms with Gasteiger partial charge in [-0.1, -0.05) is 11.6 Å². The van der Waals surface area contributed by atoms with Crippen molar-refractivity contribution in [2.45, 2.75) is 31.7 Å². The quantitative estimate of drug-likeness (QED) is 0.912. The third-order valence-electron chi connectivity index (χ3n) is 3.93. The second kappa shape index (κ2) is 5.97. The van der Waals surface area contributed by atoms with E-state index in [1.54, 1.807) is 12.1 Å². The molecule has 3 rings (SSSR count). The van der Waals surface area contributed by atoms with Gasteiger partial charge in [-0.2, -0.15) is 0 Å². The van der Waals surface area contributed by atoms with E-state index in [1.165, 1.54) is 0 Å². The van der Waals surface area contributed by atoms with Crippen LogP contribution in [0, 0.1) is 5.92 Å². The molecule has 0 atom stereocenters. The molecule has 7 heteroatoms. The van der Waals surface area contributed by atoms with Crippen molar-refractivity contribution in [1.82, 2.24) is 20.4 Å². The molecule has 1 saturated carbocycles. The normalized spacial score (nSPS) is 19.4. The lowest BCUT2D eigenvalue weighted by Gasteiger charge is -2.32. The first-order valence-electron chi connectivity index (χ1n) is 7.22. The lowest BCUT2D eigenvalue weighted by molar-refractivity contribution is -0.133. The molecule has 0 bridgehead atoms. The van der Waals surface area contributed by atoms with Gasteiger partial charge in [0.15, 0.2) is 10.8 Å². The molecule has 0 aromatic carbocycles. The van der Waals surface area contributed by atoms with Gasteiger partial charge in [-0.25, -0.2) is 0 Å². The molecule has 1 aliphatic heterocycles. The Morgan fingerprint density at radius 2 is 1.86 bits per heavy atom. The zero-order valence-electron chi connectivity index (χ0n) is 11.6. The smallest absolute Gasteiger partial charge is 0.272 e. The average molecular weight is 309 g/mol. The number of carbonyl (C=O) groups is 2. The Labute approximate surface area is 127 Å². The molecule has 2 amide bonds. The summed E-state index contributed by atoms with van der Waals surface area (Å²) in [7, 11) is 0. The molecule has 1 aliphatic carbocycles. The molecule has 1 aromatic rings. The lowest BCUT2D eigenvalue weighted by Crippen LogP contribution is -2.47. The number of nitrogens with zero attached hydrogens (tertiary/aromatic N) is 3. The molecule has 112 valence electrons. The predicted molar refractivity (Wildman–Crippen MR) is 76.8 cm³/mol. The first-order chi connectivity index (χ1) is 10.1. The molecule has 6 nitrogen and oxygen atoms in total. The largest absolute Gasteiger partial charge is 0.348 e. The fraction of sp³-hybridized carbons (Fsp3) is 0.571. The van der Waals surface area contributed by atoms with Gasteiger partial charge in [0.1, 0.15) is 0 Å². The maximum atomic E-state index is 12.0. The van der Waals surface area contributed by atoms with Crippen LogP contribution in [0.2, 0.25) is 5.15 Å². The predicted octanol–water partition coefficient (Wildman–Crippen LogP) is 1.26. The summed E-state index contributed by atoms with van der Waals surface area (Å²) in [4.78, 5) is 25.9. The summed E-state index contributed by atoms with van der Waals surface area (Å²) in [6, 6.07) is 3.18. The van der Waals surface area contributed by atoms with Crippen LogP contribution in [0.5, 0.6) is 0 Å². The van der Waals surface area contributed by atoms with Gasteiger partial charge in [-0.3, -0.25) is 9.59 Å². The third-order valence-corrected chi connectivity index (χ3v) is 4.13. The van der Waals surface area contributed by atoms with E-state index in [4.69, 9.17) is 11.6 Å². The van der Waals surface area contributed by atoms with E-state index in [9.17, 15) is 9.59 Å². The highest BCUT2D eigenvalue weighted by Gasteiger charge is 2.35. The molecule has 0 unspecified atom stereocenters. The first-order valence-corrected chi connectivity index (χ1v) is 7.60. The van der Waals surface area contributed by atoms with Crippen molar-refractivity contribution >= 4 is 23.4 Å². The van der Waals surface area contributed by atoms with Crippen LogP contribution in [0.1, 0.15) is 36.2 Å². The van der Waals surface area contributed by atoms with Crippen LogP contribution in [-0.2, 0) is 4.79 Å². The average Bonchev–Trinajstić information content (AvgIpc) is 3.32. The van der Waals surface area contributed by atoms with Gasteiger partial charge in [-0.15, -0.1) is 10.2 Å². The highest BCUT2D eigenvalue weighted by atomic mass is 35.5. The van der Waals surface area contributed by atoms with Crippen LogP contribution in [-0.4, -0.2) is 46.0 Å². The Morgan fingerprint density at radius 1 is 1.14 bits per heavy atom. The zero-order chi connectivity index (χ0) is 14.8. The molecular formula is C14H17ClN4O2. The highest BCUT2D eigenvalue weighted by molar-refractivity contribution is 6.29. The standard InChI is InChI=1S/C14H17ClN4O2/c15-12-4-3-11(17-18-12)13(20)16-10-5-7-19(8-6-10)14(21)9-1-2-9/h3-4,9-10H,1-2,5-8H2,(H,16,20). The number of piperidine rings is 1. The fourth-order valence-electron chi connectivity index (χ4n) is 2.53. The van der Waals surface area contributed by atoms with Gasteiger partial charge >= 0.3 is 0 Å². The number of amides is 2. The summed E-state index contributed by atoms with van der Waals surface area (Å²) in [6.45, 7) is 1.43. The van der Waals surface area contributed by atoms with E-state index in [1.807, 2.05) is 4.90 Å². The minimum Gasteiger partial charge on any atom is -0.348 e. The van der Waals surface area contributed by atoms with Gasteiger partial charge in [-0.05, 0) is 37.8 Å². The van der Waals surface area contributed by atoms with Crippen molar-refractivity contribution in [3.63, 3.8) is 0 Å². The van der Waals surface area contributed by atoms with E-state index < -0.39 is 0 Å². The maximum Gasteiger partial charge on any atom is 0.272 e. The van der Waals surface area contributed by atoms with Crippen LogP contribution >= 0.6 is 11.6 Å². The number of likely N-dealkylation sites (tertiary alicyclic amines) is 1. The van der Waals surface area contributed by atoms with E-state index in [2.05, 4.69) is 15.5 Å². The van der Waals surface area contributed by atoms with Crippen molar-refractivity contribution in [3.05, 3.63) is 23.0 Å². The molecule has 1 saturated heterocycles. The minimum atomic E-state index is -0.244. The van der Waals surface area contributed by atoms with E-state index >= 15 is 0 Å². The Kier molecular flexibility index (Phi) is 4.05. The van der Waals surface area contributed by atoms with E-state index in [0.717, 1.165) is 25.7 Å². The van der Waals surface area contributed by atoms with Crippen LogP contribution in [0.15, 0.2) is 12.1 Å². The topological polar surface area (TPSA) is 75.2 Å². The van der Waals surface area contributed by atoms with Crippen molar-refractivity contribution in [3.8, 4) is 0 Å². The summed E-state index contributed by atoms with van der Waals surface area (Å²) in [5.74, 6) is 0.301. The summed E-state index contributed by atoms with van der Waals surface area (Å²) in [6.07, 6.45) is 3.63. The highest BCUT2D eigenvalue weighted by Crippen LogP contribution is 2.31. The summed E-state index contributed by atoms with van der Waals surface area (Å²) in [5.41, 5.74) is 0.260. The van der Waals surface area contributed by atoms with Crippen LogP contribution in [0.4, 0.5) is 0 Å². The van der Waals surface area contributed by atoms with Crippen LogP contribution < -0.4 is 5.32 Å². The molecule has 2 heterocycles. The van der Waals surface area contributed by atoms with Crippen molar-refractivity contribution < 1.29 is 9.59 Å². The number of hydrogen-bond acceptors (Lipinski definition) is 4. The number of aromatic nitrogens is 2. The Balaban J connectivity index is 1.49. The van der Waals surface area contributed by atoms with Crippen LogP contribution in [0.3, 0.4) is 0 Å². The molecule has 1 N–H and O–H groups in total. The van der Waals surface area contributed by atoms with Crippen LogP contribution in [0.25, 0.3) is 0 Å². The number of halogens is 1. The van der Waals surface area contributed by atoms with Gasteiger partial charge in [0.05, 0.1) is 0 Å². The molecule has 0 spiro atoms. The van der Waals surface area contributed by atoms with Crippen molar-refractivity contribution in [2.24, 2.45) is 5.92 Å². The molecule has 2 fully saturated rings. The van der Waals surface area contributed by atoms with Gasteiger partial charge in [0.2, 0.25) is 5.91 Å². The third kappa shape index (κ3) is 3.50. The van der Waals surface area contributed by atoms with Crippen molar-refractivity contribution in [2.75, 3.05) is 13.1 Å². The molecule has 1 aromatic heterocycles. The monoisotopic (exact) mass is 308 g/mol. The first kappa shape index (κ1) is 14.3. The molecule has 0 radical (unpaired) electrons. The lowest BCUT2D eigenvalue weighted by atomic mass is 10.0. The maximum absolute atomic E-state index is 12.0. The summed E-state index contributed by atoms with van der Waals surface area (Å²) >= 11 is 5.64. The minimum absolute atomic E-state index is 0.0817. The Bertz CT molecular complexity index is 536. The molecular weight excluding hydrogens is 292 g/mol. The second-order valence-electron chi connectivity index (χ2n) is 5.59. The second-order valence-corrected chi connectivity index (χ2v) is 5.98. The zero-order valence-corrected chi connectivity index (χ0v) is 12.3. The molecule has 2 aliphatic rings. The van der Waals surface area contributed by atoms with Gasteiger partial charge < -0.3 is 10.2 Å². The number of carbonyl (C=O) groups excluding carboxylic acids is 2. The summed E-state index contributed by atoms with van der Waals surface area (Å²) < 4.78 is 0. The molecule has 21 heavy (non-hydrogen) atoms. The number of rotatable bonds is 3. The van der Waals surface area contributed by atoms with E-state index in [-0.39, 0.29) is 34.6 Å². The Morgan fingerprint density at radius 3 is 2.43 bits per heavy atom. The Hall–Kier alpha value is -1.69. The number of nitrogens with one attached hydrogen (secondary N) is 1. The number of hydrogen-bond donors (Lipinski definition) is 1. The van der Waals surface area contributed by atoms with Gasteiger partial charge in [0.25, 0.3) is 5.91 Å². The fourth-order valence-corrected chi connectivity index (χ4v) is 2.63. The van der Waals surface area contributed by atoms with Crippen molar-refractivity contribution in [1.29, 1.82) is 0 Å². The van der Waals surface area contributed by atoms with E-state index in [0.29, 0.717) is 13.1 Å².